The Morgan fingerprint density at radius 3 is 2.41 bits per heavy atom. The molecule has 0 amide bonds. The van der Waals surface area contributed by atoms with Gasteiger partial charge in [0.2, 0.25) is 0 Å². The van der Waals surface area contributed by atoms with Crippen molar-refractivity contribution in [1.29, 1.82) is 0 Å². The zero-order valence-corrected chi connectivity index (χ0v) is 15.4. The average molecular weight is 402 g/mol. The van der Waals surface area contributed by atoms with Gasteiger partial charge in [-0.1, -0.05) is 41.9 Å². The number of hydrogen-bond acceptors (Lipinski definition) is 3. The largest absolute Gasteiger partial charge is 0.276 e. The molecule has 5 nitrogen and oxygen atoms in total. The summed E-state index contributed by atoms with van der Waals surface area (Å²) in [5.41, 5.74) is 2.25. The third-order valence-corrected chi connectivity index (χ3v) is 5.76. The second kappa shape index (κ2) is 6.68. The fraction of sp³-hybridized carbons (Fsp3) is 0. The predicted octanol–water partition coefficient (Wildman–Crippen LogP) is 4.82. The molecule has 4 rings (SSSR count). The molecule has 0 atom stereocenters. The Morgan fingerprint density at radius 1 is 1.00 bits per heavy atom. The number of fused-ring (bicyclic) bond motifs is 1. The standard InChI is InChI=1S/C19H13ClFN3O2S/c20-17-11-18-16(10-15(17)12-4-2-1-3-5-12)19(23-22-18)24-27(25,26)14-8-6-13(21)7-9-14/h1-11H,(H2,22,23,24). The first-order valence-electron chi connectivity index (χ1n) is 7.95. The van der Waals surface area contributed by atoms with Crippen molar-refractivity contribution in [2.75, 3.05) is 4.72 Å². The Kier molecular flexibility index (Phi) is 4.33. The number of aromatic nitrogens is 2. The van der Waals surface area contributed by atoms with Crippen LogP contribution in [0.1, 0.15) is 0 Å². The van der Waals surface area contributed by atoms with E-state index in [1.54, 1.807) is 12.1 Å². The summed E-state index contributed by atoms with van der Waals surface area (Å²) >= 11 is 6.37. The highest BCUT2D eigenvalue weighted by Gasteiger charge is 2.19. The summed E-state index contributed by atoms with van der Waals surface area (Å²) in [4.78, 5) is -0.0581. The lowest BCUT2D eigenvalue weighted by Gasteiger charge is -2.08. The minimum Gasteiger partial charge on any atom is -0.276 e. The van der Waals surface area contributed by atoms with Crippen molar-refractivity contribution in [2.24, 2.45) is 0 Å². The van der Waals surface area contributed by atoms with E-state index in [0.29, 0.717) is 15.9 Å². The fourth-order valence-electron chi connectivity index (χ4n) is 2.75. The van der Waals surface area contributed by atoms with Gasteiger partial charge in [0.1, 0.15) is 5.82 Å². The summed E-state index contributed by atoms with van der Waals surface area (Å²) < 4.78 is 40.6. The Balaban J connectivity index is 1.78. The maximum atomic E-state index is 13.1. The zero-order valence-electron chi connectivity index (χ0n) is 13.8. The minimum atomic E-state index is -3.91. The van der Waals surface area contributed by atoms with Gasteiger partial charge in [0.05, 0.1) is 15.4 Å². The normalized spacial score (nSPS) is 11.6. The number of nitrogens with one attached hydrogen (secondary N) is 2. The second-order valence-corrected chi connectivity index (χ2v) is 7.96. The molecule has 27 heavy (non-hydrogen) atoms. The van der Waals surface area contributed by atoms with E-state index in [4.69, 9.17) is 11.6 Å². The molecule has 0 aliphatic heterocycles. The lowest BCUT2D eigenvalue weighted by molar-refractivity contribution is 0.599. The highest BCUT2D eigenvalue weighted by Crippen LogP contribution is 2.34. The summed E-state index contributed by atoms with van der Waals surface area (Å²) in [7, 11) is -3.91. The number of aromatic amines is 1. The molecule has 0 aliphatic carbocycles. The van der Waals surface area contributed by atoms with Crippen LogP contribution in [0.15, 0.2) is 71.6 Å². The first kappa shape index (κ1) is 17.5. The molecule has 4 aromatic rings. The van der Waals surface area contributed by atoms with E-state index in [1.165, 1.54) is 12.1 Å². The van der Waals surface area contributed by atoms with Crippen LogP contribution in [0.25, 0.3) is 22.0 Å². The summed E-state index contributed by atoms with van der Waals surface area (Å²) in [6.07, 6.45) is 0. The number of benzene rings is 3. The number of nitrogens with zero attached hydrogens (tertiary/aromatic N) is 1. The van der Waals surface area contributed by atoms with Crippen molar-refractivity contribution in [3.63, 3.8) is 0 Å². The average Bonchev–Trinajstić information content (AvgIpc) is 3.03. The summed E-state index contributed by atoms with van der Waals surface area (Å²) in [6, 6.07) is 17.5. The van der Waals surface area contributed by atoms with Gasteiger partial charge < -0.3 is 0 Å². The van der Waals surface area contributed by atoms with Gasteiger partial charge in [-0.3, -0.25) is 9.82 Å². The van der Waals surface area contributed by atoms with Gasteiger partial charge in [-0.25, -0.2) is 12.8 Å². The molecule has 0 spiro atoms. The third-order valence-electron chi connectivity index (χ3n) is 4.09. The number of sulfonamides is 1. The fourth-order valence-corrected chi connectivity index (χ4v) is 4.05. The third kappa shape index (κ3) is 3.39. The molecule has 0 aliphatic rings. The van der Waals surface area contributed by atoms with E-state index >= 15 is 0 Å². The number of hydrogen-bond donors (Lipinski definition) is 2. The molecule has 8 heteroatoms. The SMILES string of the molecule is O=S(=O)(Nc1n[nH]c2cc(Cl)c(-c3ccccc3)cc12)c1ccc(F)cc1. The molecule has 2 N–H and O–H groups in total. The van der Waals surface area contributed by atoms with E-state index in [2.05, 4.69) is 14.9 Å². The van der Waals surface area contributed by atoms with Gasteiger partial charge in [-0.2, -0.15) is 5.10 Å². The van der Waals surface area contributed by atoms with Crippen molar-refractivity contribution >= 4 is 38.3 Å². The molecule has 0 saturated heterocycles. The van der Waals surface area contributed by atoms with Gasteiger partial charge in [0, 0.05) is 10.9 Å². The summed E-state index contributed by atoms with van der Waals surface area (Å²) in [5.74, 6) is -0.371. The van der Waals surface area contributed by atoms with Gasteiger partial charge in [-0.05, 0) is 42.0 Å². The molecule has 0 fully saturated rings. The van der Waals surface area contributed by atoms with Crippen LogP contribution >= 0.6 is 11.6 Å². The van der Waals surface area contributed by atoms with Crippen molar-refractivity contribution < 1.29 is 12.8 Å². The number of rotatable bonds is 4. The van der Waals surface area contributed by atoms with Gasteiger partial charge in [0.25, 0.3) is 10.0 Å². The van der Waals surface area contributed by atoms with E-state index in [0.717, 1.165) is 23.3 Å². The Hall–Kier alpha value is -2.90. The zero-order chi connectivity index (χ0) is 19.0. The Labute approximate surface area is 159 Å². The first-order chi connectivity index (χ1) is 12.9. The molecule has 0 saturated carbocycles. The minimum absolute atomic E-state index is 0.0581. The van der Waals surface area contributed by atoms with E-state index < -0.39 is 15.8 Å². The molecular weight excluding hydrogens is 389 g/mol. The van der Waals surface area contributed by atoms with Crippen LogP contribution in [-0.2, 0) is 10.0 Å². The Bertz CT molecular complexity index is 1220. The predicted molar refractivity (Wildman–Crippen MR) is 104 cm³/mol. The topological polar surface area (TPSA) is 74.8 Å². The van der Waals surface area contributed by atoms with E-state index in [1.807, 2.05) is 30.3 Å². The molecule has 0 radical (unpaired) electrons. The van der Waals surface area contributed by atoms with Gasteiger partial charge in [-0.15, -0.1) is 0 Å². The lowest BCUT2D eigenvalue weighted by Crippen LogP contribution is -2.13. The maximum absolute atomic E-state index is 13.1. The van der Waals surface area contributed by atoms with Crippen LogP contribution in [0, 0.1) is 5.82 Å². The molecule has 1 aromatic heterocycles. The number of anilines is 1. The van der Waals surface area contributed by atoms with Crippen LogP contribution in [0.2, 0.25) is 5.02 Å². The van der Waals surface area contributed by atoms with Crippen LogP contribution in [0.5, 0.6) is 0 Å². The monoisotopic (exact) mass is 401 g/mol. The highest BCUT2D eigenvalue weighted by atomic mass is 35.5. The van der Waals surface area contributed by atoms with Crippen LogP contribution in [0.3, 0.4) is 0 Å². The van der Waals surface area contributed by atoms with Crippen LogP contribution in [-0.4, -0.2) is 18.6 Å². The lowest BCUT2D eigenvalue weighted by atomic mass is 10.0. The highest BCUT2D eigenvalue weighted by molar-refractivity contribution is 7.92. The molecule has 3 aromatic carbocycles. The molecule has 0 unspecified atom stereocenters. The van der Waals surface area contributed by atoms with E-state index in [9.17, 15) is 12.8 Å². The number of H-pyrrole nitrogens is 1. The number of halogens is 2. The van der Waals surface area contributed by atoms with Gasteiger partial charge >= 0.3 is 0 Å². The second-order valence-electron chi connectivity index (χ2n) is 5.88. The molecule has 1 heterocycles. The van der Waals surface area contributed by atoms with E-state index in [-0.39, 0.29) is 10.7 Å². The smallest absolute Gasteiger partial charge is 0.263 e. The van der Waals surface area contributed by atoms with Crippen LogP contribution in [0.4, 0.5) is 10.2 Å². The molecule has 0 bridgehead atoms. The van der Waals surface area contributed by atoms with Crippen molar-refractivity contribution in [3.05, 3.63) is 77.6 Å². The molecular formula is C19H13ClFN3O2S. The van der Waals surface area contributed by atoms with Gasteiger partial charge in [0.15, 0.2) is 5.82 Å². The van der Waals surface area contributed by atoms with Crippen molar-refractivity contribution in [1.82, 2.24) is 10.2 Å². The maximum Gasteiger partial charge on any atom is 0.263 e. The summed E-state index contributed by atoms with van der Waals surface area (Å²) in [6.45, 7) is 0. The quantitative estimate of drug-likeness (QED) is 0.514. The van der Waals surface area contributed by atoms with Crippen molar-refractivity contribution in [2.45, 2.75) is 4.90 Å². The molecule has 136 valence electrons. The first-order valence-corrected chi connectivity index (χ1v) is 9.81. The van der Waals surface area contributed by atoms with Crippen molar-refractivity contribution in [3.8, 4) is 11.1 Å². The Morgan fingerprint density at radius 2 is 1.70 bits per heavy atom. The summed E-state index contributed by atoms with van der Waals surface area (Å²) in [5, 5.41) is 7.91. The van der Waals surface area contributed by atoms with Crippen LogP contribution < -0.4 is 4.72 Å².